The third-order valence-corrected chi connectivity index (χ3v) is 5.05. The molecule has 0 bridgehead atoms. The summed E-state index contributed by atoms with van der Waals surface area (Å²) in [6.07, 6.45) is 1.48. The van der Waals surface area contributed by atoms with Crippen molar-refractivity contribution < 1.29 is 4.39 Å². The Hall–Kier alpha value is -3.36. The lowest BCUT2D eigenvalue weighted by Gasteiger charge is -2.45. The first-order valence-corrected chi connectivity index (χ1v) is 8.67. The van der Waals surface area contributed by atoms with Crippen LogP contribution in [0.5, 0.6) is 0 Å². The Labute approximate surface area is 154 Å². The molecular weight excluding hydrogens is 347 g/mol. The number of aromatic nitrogens is 6. The molecule has 1 saturated heterocycles. The van der Waals surface area contributed by atoms with Crippen molar-refractivity contribution in [3.05, 3.63) is 48.3 Å². The van der Waals surface area contributed by atoms with Crippen molar-refractivity contribution in [1.82, 2.24) is 29.8 Å². The lowest BCUT2D eigenvalue weighted by Crippen LogP contribution is -2.59. The van der Waals surface area contributed by atoms with E-state index in [2.05, 4.69) is 35.1 Å². The maximum atomic E-state index is 13.5. The molecule has 27 heavy (non-hydrogen) atoms. The van der Waals surface area contributed by atoms with Crippen LogP contribution >= 0.6 is 0 Å². The summed E-state index contributed by atoms with van der Waals surface area (Å²) in [5.41, 5.74) is 1.35. The largest absolute Gasteiger partial charge is 0.353 e. The molecule has 1 fully saturated rings. The normalized spacial score (nSPS) is 14.7. The standard InChI is InChI=1S/C18H17FN8/c1-11-22-23-16-5-6-17(24-27(11)16)26-8-13(9-26)25(2)18-14-4-3-12(19)7-15(14)20-10-21-18/h3-7,10,13H,8-9H2,1-2H3. The van der Waals surface area contributed by atoms with Crippen LogP contribution in [0.2, 0.25) is 0 Å². The maximum Gasteiger partial charge on any atom is 0.178 e. The quantitative estimate of drug-likeness (QED) is 0.549. The molecule has 4 aromatic rings. The summed E-state index contributed by atoms with van der Waals surface area (Å²) in [5, 5.41) is 13.6. The van der Waals surface area contributed by atoms with Gasteiger partial charge in [-0.1, -0.05) is 0 Å². The van der Waals surface area contributed by atoms with Gasteiger partial charge < -0.3 is 9.80 Å². The highest BCUT2D eigenvalue weighted by Gasteiger charge is 2.32. The van der Waals surface area contributed by atoms with E-state index in [1.165, 1.54) is 18.5 Å². The molecule has 4 heterocycles. The predicted molar refractivity (Wildman–Crippen MR) is 99.4 cm³/mol. The van der Waals surface area contributed by atoms with Crippen LogP contribution in [0.15, 0.2) is 36.7 Å². The maximum absolute atomic E-state index is 13.5. The van der Waals surface area contributed by atoms with Gasteiger partial charge in [0.2, 0.25) is 0 Å². The SMILES string of the molecule is Cc1nnc2ccc(N3CC(N(C)c4ncnc5cc(F)ccc45)C3)nn12. The molecule has 9 heteroatoms. The number of halogens is 1. The van der Waals surface area contributed by atoms with Gasteiger partial charge >= 0.3 is 0 Å². The average molecular weight is 364 g/mol. The van der Waals surface area contributed by atoms with Crippen molar-refractivity contribution in [2.24, 2.45) is 0 Å². The molecular formula is C18H17FN8. The van der Waals surface area contributed by atoms with Crippen LogP contribution in [0.1, 0.15) is 5.82 Å². The van der Waals surface area contributed by atoms with Crippen molar-refractivity contribution in [1.29, 1.82) is 0 Å². The highest BCUT2D eigenvalue weighted by Crippen LogP contribution is 2.28. The number of anilines is 2. The van der Waals surface area contributed by atoms with Crippen LogP contribution in [0.3, 0.4) is 0 Å². The molecule has 8 nitrogen and oxygen atoms in total. The Morgan fingerprint density at radius 2 is 1.96 bits per heavy atom. The van der Waals surface area contributed by atoms with Gasteiger partial charge in [-0.2, -0.15) is 4.52 Å². The summed E-state index contributed by atoms with van der Waals surface area (Å²) < 4.78 is 15.2. The molecule has 1 aliphatic heterocycles. The zero-order valence-corrected chi connectivity index (χ0v) is 14.9. The third kappa shape index (κ3) is 2.54. The van der Waals surface area contributed by atoms with Crippen LogP contribution in [-0.2, 0) is 0 Å². The van der Waals surface area contributed by atoms with E-state index in [-0.39, 0.29) is 11.9 Å². The Morgan fingerprint density at radius 3 is 2.81 bits per heavy atom. The van der Waals surface area contributed by atoms with Gasteiger partial charge in [0.1, 0.15) is 23.8 Å². The lowest BCUT2D eigenvalue weighted by atomic mass is 10.1. The second-order valence-corrected chi connectivity index (χ2v) is 6.74. The van der Waals surface area contributed by atoms with E-state index < -0.39 is 0 Å². The summed E-state index contributed by atoms with van der Waals surface area (Å²) in [6, 6.07) is 8.78. The van der Waals surface area contributed by atoms with Crippen LogP contribution < -0.4 is 9.80 Å². The molecule has 1 aromatic carbocycles. The minimum atomic E-state index is -0.296. The Balaban J connectivity index is 1.37. The number of likely N-dealkylation sites (N-methyl/N-ethyl adjacent to an activating group) is 1. The molecule has 0 spiro atoms. The van der Waals surface area contributed by atoms with E-state index in [0.29, 0.717) is 5.52 Å². The first-order chi connectivity index (χ1) is 13.1. The lowest BCUT2D eigenvalue weighted by molar-refractivity contribution is 0.487. The molecule has 0 N–H and O–H groups in total. The fourth-order valence-electron chi connectivity index (χ4n) is 3.41. The molecule has 0 radical (unpaired) electrons. The number of fused-ring (bicyclic) bond motifs is 2. The summed E-state index contributed by atoms with van der Waals surface area (Å²) in [6.45, 7) is 3.53. The predicted octanol–water partition coefficient (Wildman–Crippen LogP) is 1.84. The summed E-state index contributed by atoms with van der Waals surface area (Å²) in [7, 11) is 2.01. The zero-order chi connectivity index (χ0) is 18.5. The Bertz CT molecular complexity index is 1150. The van der Waals surface area contributed by atoms with E-state index in [1.54, 1.807) is 10.6 Å². The van der Waals surface area contributed by atoms with Crippen molar-refractivity contribution in [3.8, 4) is 0 Å². The average Bonchev–Trinajstić information content (AvgIpc) is 3.00. The second-order valence-electron chi connectivity index (χ2n) is 6.74. The van der Waals surface area contributed by atoms with E-state index in [9.17, 15) is 4.39 Å². The van der Waals surface area contributed by atoms with Gasteiger partial charge in [-0.05, 0) is 31.2 Å². The molecule has 0 saturated carbocycles. The van der Waals surface area contributed by atoms with Crippen LogP contribution in [0.4, 0.5) is 16.0 Å². The Kier molecular flexibility index (Phi) is 3.43. The van der Waals surface area contributed by atoms with Gasteiger partial charge in [-0.3, -0.25) is 0 Å². The molecule has 1 aliphatic rings. The van der Waals surface area contributed by atoms with E-state index in [1.807, 2.05) is 26.1 Å². The van der Waals surface area contributed by atoms with E-state index in [4.69, 9.17) is 0 Å². The zero-order valence-electron chi connectivity index (χ0n) is 14.9. The molecule has 0 unspecified atom stereocenters. The molecule has 0 amide bonds. The molecule has 5 rings (SSSR count). The number of benzene rings is 1. The molecule has 3 aromatic heterocycles. The third-order valence-electron chi connectivity index (χ3n) is 5.05. The van der Waals surface area contributed by atoms with Gasteiger partial charge in [0.05, 0.1) is 11.6 Å². The molecule has 0 atom stereocenters. The number of rotatable bonds is 3. The van der Waals surface area contributed by atoms with Gasteiger partial charge in [-0.25, -0.2) is 14.4 Å². The van der Waals surface area contributed by atoms with Crippen molar-refractivity contribution in [2.45, 2.75) is 13.0 Å². The minimum Gasteiger partial charge on any atom is -0.353 e. The number of nitrogens with zero attached hydrogens (tertiary/aromatic N) is 8. The number of hydrogen-bond acceptors (Lipinski definition) is 7. The van der Waals surface area contributed by atoms with Gasteiger partial charge in [-0.15, -0.1) is 15.3 Å². The highest BCUT2D eigenvalue weighted by molar-refractivity contribution is 5.89. The Morgan fingerprint density at radius 1 is 1.11 bits per heavy atom. The summed E-state index contributed by atoms with van der Waals surface area (Å²) >= 11 is 0. The van der Waals surface area contributed by atoms with Crippen LogP contribution in [0.25, 0.3) is 16.6 Å². The van der Waals surface area contributed by atoms with Crippen molar-refractivity contribution in [2.75, 3.05) is 29.9 Å². The van der Waals surface area contributed by atoms with Crippen LogP contribution in [-0.4, -0.2) is 56.0 Å². The first kappa shape index (κ1) is 15.9. The minimum absolute atomic E-state index is 0.285. The second kappa shape index (κ2) is 5.83. The fraction of sp³-hybridized carbons (Fsp3) is 0.278. The summed E-state index contributed by atoms with van der Waals surface area (Å²) in [5.74, 6) is 2.17. The number of aryl methyl sites for hydroxylation is 1. The van der Waals surface area contributed by atoms with Gasteiger partial charge in [0.25, 0.3) is 0 Å². The van der Waals surface area contributed by atoms with Crippen LogP contribution in [0, 0.1) is 12.7 Å². The first-order valence-electron chi connectivity index (χ1n) is 8.67. The van der Waals surface area contributed by atoms with Gasteiger partial charge in [0.15, 0.2) is 11.5 Å². The molecule has 136 valence electrons. The monoisotopic (exact) mass is 364 g/mol. The van der Waals surface area contributed by atoms with Crippen molar-refractivity contribution in [3.63, 3.8) is 0 Å². The van der Waals surface area contributed by atoms with E-state index >= 15 is 0 Å². The summed E-state index contributed by atoms with van der Waals surface area (Å²) in [4.78, 5) is 12.9. The molecule has 0 aliphatic carbocycles. The van der Waals surface area contributed by atoms with Gasteiger partial charge in [0, 0.05) is 31.6 Å². The van der Waals surface area contributed by atoms with Crippen molar-refractivity contribution >= 4 is 28.2 Å². The fourth-order valence-corrected chi connectivity index (χ4v) is 3.41. The smallest absolute Gasteiger partial charge is 0.178 e. The number of hydrogen-bond donors (Lipinski definition) is 0. The van der Waals surface area contributed by atoms with E-state index in [0.717, 1.165) is 41.6 Å². The highest BCUT2D eigenvalue weighted by atomic mass is 19.1. The topological polar surface area (TPSA) is 75.3 Å².